The predicted octanol–water partition coefficient (Wildman–Crippen LogP) is 5.38. The molecule has 0 radical (unpaired) electrons. The molecule has 0 spiro atoms. The van der Waals surface area contributed by atoms with Crippen molar-refractivity contribution in [3.05, 3.63) is 0 Å². The van der Waals surface area contributed by atoms with Crippen molar-refractivity contribution in [2.24, 2.45) is 35.5 Å². The molecule has 1 aliphatic rings. The lowest BCUT2D eigenvalue weighted by Crippen LogP contribution is -2.15. The van der Waals surface area contributed by atoms with E-state index in [1.807, 2.05) is 0 Å². The molecule has 0 heterocycles. The average Bonchev–Trinajstić information content (AvgIpc) is 2.45. The first-order valence-electron chi connectivity index (χ1n) is 7.45. The zero-order valence-corrected chi connectivity index (χ0v) is 12.3. The molecule has 0 aromatic rings. The summed E-state index contributed by atoms with van der Waals surface area (Å²) in [4.78, 5) is 0. The molecule has 1 aliphatic carbocycles. The van der Waals surface area contributed by atoms with E-state index in [1.54, 1.807) is 0 Å². The summed E-state index contributed by atoms with van der Waals surface area (Å²) in [6.07, 6.45) is 5.79. The van der Waals surface area contributed by atoms with Gasteiger partial charge in [0.2, 0.25) is 0 Å². The molecule has 16 heavy (non-hydrogen) atoms. The van der Waals surface area contributed by atoms with Crippen molar-refractivity contribution in [2.45, 2.75) is 67.2 Å². The standard InChI is InChI=1S/C16H32/c1-7-15(8-11(2)3)10-16-9-12(4)13(5)14(16)6/h11-16H,7-10H2,1-6H3. The van der Waals surface area contributed by atoms with Crippen LogP contribution in [-0.2, 0) is 0 Å². The maximum atomic E-state index is 2.49. The average molecular weight is 224 g/mol. The van der Waals surface area contributed by atoms with Crippen LogP contribution >= 0.6 is 0 Å². The molecule has 0 aromatic carbocycles. The minimum atomic E-state index is 0.872. The van der Waals surface area contributed by atoms with Crippen molar-refractivity contribution in [3.8, 4) is 0 Å². The molecule has 0 aliphatic heterocycles. The third kappa shape index (κ3) is 3.50. The van der Waals surface area contributed by atoms with Crippen molar-refractivity contribution in [1.29, 1.82) is 0 Å². The fraction of sp³-hybridized carbons (Fsp3) is 1.00. The molecule has 0 amide bonds. The van der Waals surface area contributed by atoms with Gasteiger partial charge in [0.25, 0.3) is 0 Å². The van der Waals surface area contributed by atoms with Gasteiger partial charge in [0.1, 0.15) is 0 Å². The fourth-order valence-corrected chi connectivity index (χ4v) is 3.69. The first-order valence-corrected chi connectivity index (χ1v) is 7.45. The van der Waals surface area contributed by atoms with E-state index in [0.29, 0.717) is 0 Å². The second-order valence-corrected chi connectivity index (χ2v) is 6.83. The highest BCUT2D eigenvalue weighted by molar-refractivity contribution is 4.85. The molecule has 1 rings (SSSR count). The molecule has 96 valence electrons. The van der Waals surface area contributed by atoms with Gasteiger partial charge in [0.05, 0.1) is 0 Å². The van der Waals surface area contributed by atoms with Gasteiger partial charge in [0, 0.05) is 0 Å². The first kappa shape index (κ1) is 14.1. The van der Waals surface area contributed by atoms with Crippen molar-refractivity contribution in [1.82, 2.24) is 0 Å². The minimum Gasteiger partial charge on any atom is -0.0651 e. The highest BCUT2D eigenvalue weighted by Gasteiger charge is 2.35. The Balaban J connectivity index is 2.46. The normalized spacial score (nSPS) is 36.9. The van der Waals surface area contributed by atoms with Crippen LogP contribution in [0.4, 0.5) is 0 Å². The Morgan fingerprint density at radius 1 is 1.06 bits per heavy atom. The summed E-state index contributed by atoms with van der Waals surface area (Å²) < 4.78 is 0. The predicted molar refractivity (Wildman–Crippen MR) is 73.5 cm³/mol. The molecule has 0 aromatic heterocycles. The van der Waals surface area contributed by atoms with Crippen molar-refractivity contribution >= 4 is 0 Å². The van der Waals surface area contributed by atoms with Crippen LogP contribution in [0.1, 0.15) is 67.2 Å². The summed E-state index contributed by atoms with van der Waals surface area (Å²) in [5.41, 5.74) is 0. The molecule has 0 N–H and O–H groups in total. The Morgan fingerprint density at radius 2 is 1.69 bits per heavy atom. The molecule has 1 fully saturated rings. The largest absolute Gasteiger partial charge is 0.0651 e. The van der Waals surface area contributed by atoms with Crippen LogP contribution in [0.15, 0.2) is 0 Å². The van der Waals surface area contributed by atoms with Gasteiger partial charge in [-0.25, -0.2) is 0 Å². The van der Waals surface area contributed by atoms with E-state index in [0.717, 1.165) is 35.5 Å². The molecule has 0 saturated heterocycles. The van der Waals surface area contributed by atoms with E-state index in [1.165, 1.54) is 25.7 Å². The van der Waals surface area contributed by atoms with E-state index in [-0.39, 0.29) is 0 Å². The molecule has 0 heteroatoms. The quantitative estimate of drug-likeness (QED) is 0.588. The van der Waals surface area contributed by atoms with Crippen LogP contribution < -0.4 is 0 Å². The monoisotopic (exact) mass is 224 g/mol. The van der Waals surface area contributed by atoms with Gasteiger partial charge >= 0.3 is 0 Å². The molecule has 0 nitrogen and oxygen atoms in total. The van der Waals surface area contributed by atoms with Crippen LogP contribution in [0.3, 0.4) is 0 Å². The van der Waals surface area contributed by atoms with E-state index in [9.17, 15) is 0 Å². The Morgan fingerprint density at radius 3 is 2.06 bits per heavy atom. The van der Waals surface area contributed by atoms with E-state index >= 15 is 0 Å². The molecular formula is C16H32. The van der Waals surface area contributed by atoms with Crippen molar-refractivity contribution < 1.29 is 0 Å². The lowest BCUT2D eigenvalue weighted by molar-refractivity contribution is 0.260. The van der Waals surface area contributed by atoms with E-state index in [4.69, 9.17) is 0 Å². The number of hydrogen-bond donors (Lipinski definition) is 0. The SMILES string of the molecule is CCC(CC(C)C)CC1CC(C)C(C)C1C. The zero-order valence-electron chi connectivity index (χ0n) is 12.3. The second-order valence-electron chi connectivity index (χ2n) is 6.83. The Bertz CT molecular complexity index is 194. The second kappa shape index (κ2) is 6.07. The van der Waals surface area contributed by atoms with Gasteiger partial charge < -0.3 is 0 Å². The number of rotatable bonds is 5. The lowest BCUT2D eigenvalue weighted by Gasteiger charge is -2.24. The van der Waals surface area contributed by atoms with Crippen molar-refractivity contribution in [2.75, 3.05) is 0 Å². The molecule has 1 saturated carbocycles. The van der Waals surface area contributed by atoms with Crippen LogP contribution in [0.2, 0.25) is 0 Å². The molecule has 5 atom stereocenters. The summed E-state index contributed by atoms with van der Waals surface area (Å²) in [5.74, 6) is 5.71. The summed E-state index contributed by atoms with van der Waals surface area (Å²) in [6, 6.07) is 0. The maximum Gasteiger partial charge on any atom is -0.0381 e. The van der Waals surface area contributed by atoms with Gasteiger partial charge in [-0.15, -0.1) is 0 Å². The van der Waals surface area contributed by atoms with Gasteiger partial charge in [-0.05, 0) is 54.8 Å². The molecular weight excluding hydrogens is 192 g/mol. The third-order valence-electron chi connectivity index (χ3n) is 5.16. The molecule has 0 bridgehead atoms. The van der Waals surface area contributed by atoms with Gasteiger partial charge in [-0.1, -0.05) is 48.0 Å². The summed E-state index contributed by atoms with van der Waals surface area (Å²) >= 11 is 0. The van der Waals surface area contributed by atoms with Crippen LogP contribution in [-0.4, -0.2) is 0 Å². The van der Waals surface area contributed by atoms with Crippen LogP contribution in [0.25, 0.3) is 0 Å². The topological polar surface area (TPSA) is 0 Å². The first-order chi connectivity index (χ1) is 7.45. The van der Waals surface area contributed by atoms with E-state index in [2.05, 4.69) is 41.5 Å². The maximum absolute atomic E-state index is 2.49. The Kier molecular flexibility index (Phi) is 5.34. The third-order valence-corrected chi connectivity index (χ3v) is 5.16. The van der Waals surface area contributed by atoms with Crippen LogP contribution in [0, 0.1) is 35.5 Å². The fourth-order valence-electron chi connectivity index (χ4n) is 3.69. The highest BCUT2D eigenvalue weighted by Crippen LogP contribution is 2.44. The Hall–Kier alpha value is 0. The zero-order chi connectivity index (χ0) is 12.3. The number of hydrogen-bond acceptors (Lipinski definition) is 0. The van der Waals surface area contributed by atoms with E-state index < -0.39 is 0 Å². The summed E-state index contributed by atoms with van der Waals surface area (Å²) in [6.45, 7) is 14.5. The summed E-state index contributed by atoms with van der Waals surface area (Å²) in [7, 11) is 0. The summed E-state index contributed by atoms with van der Waals surface area (Å²) in [5, 5.41) is 0. The minimum absolute atomic E-state index is 0.872. The van der Waals surface area contributed by atoms with Crippen LogP contribution in [0.5, 0.6) is 0 Å². The smallest absolute Gasteiger partial charge is 0.0381 e. The van der Waals surface area contributed by atoms with Gasteiger partial charge in [-0.2, -0.15) is 0 Å². The van der Waals surface area contributed by atoms with Crippen molar-refractivity contribution in [3.63, 3.8) is 0 Å². The van der Waals surface area contributed by atoms with Gasteiger partial charge in [-0.3, -0.25) is 0 Å². The van der Waals surface area contributed by atoms with Gasteiger partial charge in [0.15, 0.2) is 0 Å². The lowest BCUT2D eigenvalue weighted by atomic mass is 9.81. The highest BCUT2D eigenvalue weighted by atomic mass is 14.4. The Labute approximate surface area is 103 Å². The molecule has 5 unspecified atom stereocenters.